The Balaban J connectivity index is 2.04. The molecule has 0 spiro atoms. The van der Waals surface area contributed by atoms with Gasteiger partial charge in [-0.3, -0.25) is 0 Å². The Morgan fingerprint density at radius 1 is 1.37 bits per heavy atom. The average molecular weight is 262 g/mol. The highest BCUT2D eigenvalue weighted by Gasteiger charge is 2.21. The molecule has 1 aliphatic rings. The molecule has 4 heteroatoms. The standard InChI is InChI=1S/C15H26N4/c1-11(2)7-15(3,4)9-17-14-12-8-16-6-5-13(12)18-10-19-14/h10-11,16H,5-9H2,1-4H3,(H,17,18,19). The van der Waals surface area contributed by atoms with Gasteiger partial charge in [0.2, 0.25) is 0 Å². The predicted octanol–water partition coefficient (Wildman–Crippen LogP) is 2.61. The van der Waals surface area contributed by atoms with Crippen LogP contribution in [0.3, 0.4) is 0 Å². The van der Waals surface area contributed by atoms with E-state index in [4.69, 9.17) is 0 Å². The number of rotatable bonds is 5. The Hall–Kier alpha value is -1.16. The zero-order chi connectivity index (χ0) is 13.9. The number of nitrogens with one attached hydrogen (secondary N) is 2. The van der Waals surface area contributed by atoms with E-state index in [-0.39, 0.29) is 5.41 Å². The van der Waals surface area contributed by atoms with E-state index in [9.17, 15) is 0 Å². The Morgan fingerprint density at radius 3 is 2.89 bits per heavy atom. The molecule has 0 bridgehead atoms. The third-order valence-electron chi connectivity index (χ3n) is 3.57. The molecular formula is C15H26N4. The quantitative estimate of drug-likeness (QED) is 0.856. The van der Waals surface area contributed by atoms with Crippen LogP contribution >= 0.6 is 0 Å². The van der Waals surface area contributed by atoms with Gasteiger partial charge in [0.1, 0.15) is 12.1 Å². The van der Waals surface area contributed by atoms with Gasteiger partial charge in [-0.2, -0.15) is 0 Å². The molecule has 106 valence electrons. The van der Waals surface area contributed by atoms with Crippen molar-refractivity contribution in [3.05, 3.63) is 17.6 Å². The van der Waals surface area contributed by atoms with Crippen molar-refractivity contribution in [1.82, 2.24) is 15.3 Å². The molecule has 0 radical (unpaired) electrons. The van der Waals surface area contributed by atoms with Crippen LogP contribution < -0.4 is 10.6 Å². The molecule has 0 aromatic carbocycles. The maximum atomic E-state index is 4.41. The van der Waals surface area contributed by atoms with Crippen LogP contribution in [0.5, 0.6) is 0 Å². The number of nitrogens with zero attached hydrogens (tertiary/aromatic N) is 2. The highest BCUT2D eigenvalue weighted by molar-refractivity contribution is 5.47. The topological polar surface area (TPSA) is 49.8 Å². The van der Waals surface area contributed by atoms with Crippen LogP contribution in [0.1, 0.15) is 45.4 Å². The molecule has 1 aliphatic heterocycles. The summed E-state index contributed by atoms with van der Waals surface area (Å²) in [4.78, 5) is 8.79. The summed E-state index contributed by atoms with van der Waals surface area (Å²) in [5.41, 5.74) is 2.72. The van der Waals surface area contributed by atoms with E-state index in [1.165, 1.54) is 17.7 Å². The first kappa shape index (κ1) is 14.3. The lowest BCUT2D eigenvalue weighted by Gasteiger charge is -2.28. The van der Waals surface area contributed by atoms with Gasteiger partial charge in [-0.25, -0.2) is 9.97 Å². The Morgan fingerprint density at radius 2 is 2.16 bits per heavy atom. The zero-order valence-electron chi connectivity index (χ0n) is 12.6. The summed E-state index contributed by atoms with van der Waals surface area (Å²) < 4.78 is 0. The van der Waals surface area contributed by atoms with E-state index in [0.29, 0.717) is 0 Å². The summed E-state index contributed by atoms with van der Waals surface area (Å²) in [5.74, 6) is 1.73. The first-order valence-corrected chi connectivity index (χ1v) is 7.25. The van der Waals surface area contributed by atoms with E-state index < -0.39 is 0 Å². The Labute approximate surface area is 116 Å². The molecule has 0 saturated carbocycles. The van der Waals surface area contributed by atoms with Gasteiger partial charge in [-0.15, -0.1) is 0 Å². The maximum absolute atomic E-state index is 4.41. The molecule has 0 atom stereocenters. The number of fused-ring (bicyclic) bond motifs is 1. The van der Waals surface area contributed by atoms with Crippen LogP contribution in [0.15, 0.2) is 6.33 Å². The molecule has 19 heavy (non-hydrogen) atoms. The number of anilines is 1. The van der Waals surface area contributed by atoms with E-state index in [1.807, 2.05) is 0 Å². The largest absolute Gasteiger partial charge is 0.369 e. The highest BCUT2D eigenvalue weighted by Crippen LogP contribution is 2.26. The Kier molecular flexibility index (Phi) is 4.40. The summed E-state index contributed by atoms with van der Waals surface area (Å²) in [6, 6.07) is 0. The number of hydrogen-bond donors (Lipinski definition) is 2. The average Bonchev–Trinajstić information content (AvgIpc) is 2.35. The fraction of sp³-hybridized carbons (Fsp3) is 0.733. The highest BCUT2D eigenvalue weighted by atomic mass is 15.0. The minimum Gasteiger partial charge on any atom is -0.369 e. The monoisotopic (exact) mass is 262 g/mol. The molecule has 2 heterocycles. The van der Waals surface area contributed by atoms with Gasteiger partial charge in [0.05, 0.1) is 5.69 Å². The van der Waals surface area contributed by atoms with Crippen molar-refractivity contribution in [3.63, 3.8) is 0 Å². The first-order chi connectivity index (χ1) is 8.98. The lowest BCUT2D eigenvalue weighted by molar-refractivity contribution is 0.306. The molecule has 2 rings (SSSR count). The third-order valence-corrected chi connectivity index (χ3v) is 3.57. The lowest BCUT2D eigenvalue weighted by Crippen LogP contribution is -2.29. The second-order valence-electron chi connectivity index (χ2n) is 6.69. The van der Waals surface area contributed by atoms with Gasteiger partial charge in [0.25, 0.3) is 0 Å². The molecular weight excluding hydrogens is 236 g/mol. The molecule has 4 nitrogen and oxygen atoms in total. The van der Waals surface area contributed by atoms with Gasteiger partial charge in [-0.1, -0.05) is 27.7 Å². The van der Waals surface area contributed by atoms with Crippen molar-refractivity contribution in [2.45, 2.75) is 47.1 Å². The molecule has 1 aromatic rings. The van der Waals surface area contributed by atoms with E-state index in [1.54, 1.807) is 6.33 Å². The van der Waals surface area contributed by atoms with Gasteiger partial charge < -0.3 is 10.6 Å². The fourth-order valence-electron chi connectivity index (χ4n) is 2.92. The summed E-state index contributed by atoms with van der Waals surface area (Å²) >= 11 is 0. The van der Waals surface area contributed by atoms with Crippen molar-refractivity contribution in [1.29, 1.82) is 0 Å². The molecule has 0 saturated heterocycles. The van der Waals surface area contributed by atoms with E-state index in [0.717, 1.165) is 37.8 Å². The predicted molar refractivity (Wildman–Crippen MR) is 79.2 cm³/mol. The summed E-state index contributed by atoms with van der Waals surface area (Å²) in [6.45, 7) is 12.0. The van der Waals surface area contributed by atoms with Crippen LogP contribution in [0.2, 0.25) is 0 Å². The van der Waals surface area contributed by atoms with Crippen molar-refractivity contribution in [2.24, 2.45) is 11.3 Å². The molecule has 0 fully saturated rings. The minimum absolute atomic E-state index is 0.286. The minimum atomic E-state index is 0.286. The zero-order valence-corrected chi connectivity index (χ0v) is 12.6. The smallest absolute Gasteiger partial charge is 0.134 e. The van der Waals surface area contributed by atoms with E-state index in [2.05, 4.69) is 48.3 Å². The van der Waals surface area contributed by atoms with E-state index >= 15 is 0 Å². The van der Waals surface area contributed by atoms with Crippen LogP contribution in [-0.2, 0) is 13.0 Å². The molecule has 0 amide bonds. The van der Waals surface area contributed by atoms with Crippen LogP contribution in [0.4, 0.5) is 5.82 Å². The lowest BCUT2D eigenvalue weighted by atomic mass is 9.84. The fourth-order valence-corrected chi connectivity index (χ4v) is 2.92. The second-order valence-corrected chi connectivity index (χ2v) is 6.69. The molecule has 1 aromatic heterocycles. The molecule has 0 unspecified atom stereocenters. The maximum Gasteiger partial charge on any atom is 0.134 e. The molecule has 0 aliphatic carbocycles. The van der Waals surface area contributed by atoms with Crippen molar-refractivity contribution in [3.8, 4) is 0 Å². The van der Waals surface area contributed by atoms with Gasteiger partial charge in [0.15, 0.2) is 0 Å². The molecule has 2 N–H and O–H groups in total. The third kappa shape index (κ3) is 3.90. The summed E-state index contributed by atoms with van der Waals surface area (Å²) in [5, 5.41) is 6.92. The van der Waals surface area contributed by atoms with Gasteiger partial charge in [0, 0.05) is 31.6 Å². The summed E-state index contributed by atoms with van der Waals surface area (Å²) in [7, 11) is 0. The Bertz CT molecular complexity index is 426. The van der Waals surface area contributed by atoms with Crippen LogP contribution in [0, 0.1) is 11.3 Å². The van der Waals surface area contributed by atoms with Gasteiger partial charge >= 0.3 is 0 Å². The van der Waals surface area contributed by atoms with Crippen molar-refractivity contribution < 1.29 is 0 Å². The van der Waals surface area contributed by atoms with Crippen molar-refractivity contribution >= 4 is 5.82 Å². The van der Waals surface area contributed by atoms with Crippen LogP contribution in [-0.4, -0.2) is 23.1 Å². The first-order valence-electron chi connectivity index (χ1n) is 7.25. The number of aromatic nitrogens is 2. The van der Waals surface area contributed by atoms with Crippen LogP contribution in [0.25, 0.3) is 0 Å². The SMILES string of the molecule is CC(C)CC(C)(C)CNc1ncnc2c1CNCC2. The normalized spacial score (nSPS) is 15.4. The van der Waals surface area contributed by atoms with Gasteiger partial charge in [-0.05, 0) is 17.8 Å². The summed E-state index contributed by atoms with van der Waals surface area (Å²) in [6.07, 6.45) is 3.90. The number of hydrogen-bond acceptors (Lipinski definition) is 4. The van der Waals surface area contributed by atoms with Crippen molar-refractivity contribution in [2.75, 3.05) is 18.4 Å². The second kappa shape index (κ2) is 5.87.